The zero-order chi connectivity index (χ0) is 91.8. The molecule has 0 saturated carbocycles. The maximum atomic E-state index is 6.41. The number of hydrogen-bond donors (Lipinski definition) is 0. The minimum Gasteiger partial charge on any atom is -0.455 e. The van der Waals surface area contributed by atoms with Gasteiger partial charge in [0.1, 0.15) is 26.2 Å². The van der Waals surface area contributed by atoms with Crippen molar-refractivity contribution in [3.05, 3.63) is 437 Å². The van der Waals surface area contributed by atoms with Crippen LogP contribution in [0.1, 0.15) is 0 Å². The molecule has 18 aromatic carbocycles. The second-order valence-corrected chi connectivity index (χ2v) is 40.3. The Morgan fingerprint density at radius 3 is 0.899 bits per heavy atom. The van der Waals surface area contributed by atoms with Crippen LogP contribution in [-0.2, 0) is 0 Å². The molecule has 0 aliphatic rings. The average Bonchev–Trinajstić information content (AvgIpc) is 1.63. The third-order valence-corrected chi connectivity index (χ3v) is 31.9. The van der Waals surface area contributed by atoms with Crippen molar-refractivity contribution in [2.24, 2.45) is 0 Å². The van der Waals surface area contributed by atoms with Crippen LogP contribution >= 0.6 is 68.0 Å². The molecule has 28 rings (SSSR count). The van der Waals surface area contributed by atoms with Crippen LogP contribution in [0.2, 0.25) is 0 Å². The highest BCUT2D eigenvalue weighted by Gasteiger charge is 2.25. The molecule has 10 heterocycles. The Labute approximate surface area is 821 Å². The Balaban J connectivity index is 0.000000109. The average molecular weight is 1890 g/mol. The number of para-hydroxylation sites is 5. The smallest absolute Gasteiger partial charge is 0.164 e. The highest BCUT2D eigenvalue weighted by Crippen LogP contribution is 2.49. The lowest BCUT2D eigenvalue weighted by atomic mass is 10.00. The number of thiazole rings is 3. The van der Waals surface area contributed by atoms with E-state index in [0.29, 0.717) is 17.5 Å². The van der Waals surface area contributed by atoms with E-state index < -0.39 is 0 Å². The quantitative estimate of drug-likeness (QED) is 0.103. The van der Waals surface area contributed by atoms with Gasteiger partial charge in [-0.25, -0.2) is 49.8 Å². The van der Waals surface area contributed by atoms with Crippen molar-refractivity contribution in [2.75, 3.05) is 0 Å². The predicted molar refractivity (Wildman–Crippen MR) is 585 cm³/mol. The van der Waals surface area contributed by atoms with Gasteiger partial charge in [0.25, 0.3) is 0 Å². The van der Waals surface area contributed by atoms with Gasteiger partial charge in [-0.1, -0.05) is 322 Å². The summed E-state index contributed by atoms with van der Waals surface area (Å²) in [5.74, 6) is 3.32. The summed E-state index contributed by atoms with van der Waals surface area (Å²) in [7, 11) is 0. The van der Waals surface area contributed by atoms with Gasteiger partial charge in [0.2, 0.25) is 0 Å². The fourth-order valence-corrected chi connectivity index (χ4v) is 24.8. The van der Waals surface area contributed by atoms with Crippen molar-refractivity contribution < 1.29 is 4.42 Å². The van der Waals surface area contributed by atoms with E-state index in [9.17, 15) is 0 Å². The molecule has 28 aromatic rings. The molecule has 0 atom stereocenters. The topological polar surface area (TPSA) is 142 Å². The van der Waals surface area contributed by atoms with E-state index in [1.54, 1.807) is 45.3 Å². The molecule has 652 valence electrons. The molecule has 139 heavy (non-hydrogen) atoms. The summed E-state index contributed by atoms with van der Waals surface area (Å²) in [5, 5.41) is 12.4. The van der Waals surface area contributed by atoms with Crippen LogP contribution in [0.5, 0.6) is 0 Å². The van der Waals surface area contributed by atoms with Gasteiger partial charge in [0, 0.05) is 144 Å². The summed E-state index contributed by atoms with van der Waals surface area (Å²) in [4.78, 5) is 51.0. The molecule has 0 fully saturated rings. The fraction of sp³-hybridized carbons (Fsp3) is 0. The van der Waals surface area contributed by atoms with Gasteiger partial charge in [0.05, 0.1) is 53.4 Å². The molecule has 0 unspecified atom stereocenters. The Morgan fingerprint density at radius 2 is 0.460 bits per heavy atom. The van der Waals surface area contributed by atoms with Crippen LogP contribution in [-0.4, -0.2) is 49.8 Å². The normalized spacial score (nSPS) is 11.6. The first kappa shape index (κ1) is 82.9. The van der Waals surface area contributed by atoms with Crippen LogP contribution in [0.25, 0.3) is 269 Å². The summed E-state index contributed by atoms with van der Waals surface area (Å²) >= 11 is 10.6. The summed E-state index contributed by atoms with van der Waals surface area (Å²) in [6.45, 7) is 0. The minimum atomic E-state index is 0.610. The van der Waals surface area contributed by atoms with Gasteiger partial charge in [0.15, 0.2) is 29.1 Å². The molecule has 0 aliphatic heterocycles. The van der Waals surface area contributed by atoms with E-state index in [1.807, 2.05) is 114 Å². The second-order valence-electron chi connectivity index (χ2n) is 33.9. The monoisotopic (exact) mass is 1880 g/mol. The molecule has 11 nitrogen and oxygen atoms in total. The standard InChI is InChI=1S/C46H26N4OS2.C41H25N3S2.C35H21N3S2/c1-2-11-27(12-3-1)43-48-44(29-14-8-13-28(25-29)31-16-9-17-33-32-15-4-6-20-37(32)51-42(31)33)50-45(49-43)34-18-10-22-40-41(34)35-26-30(23-24-38(35)52-40)46-47-36-19-5-7-21-39(36)53-46;1-3-10-26(11-4-1)27-18-20-29(21-19-27)35-25-34(28-12-5-2-6-13-28)42-40(43-35)31-14-9-17-38-39(31)32-24-30(22-23-36(32)45-38)41-44-33-15-7-8-16-37(33)46-41;1-3-10-22(11-4-1)28-21-29(23-12-5-2-6-13-23)37-34(36-28)25-14-9-17-32-33(25)26-20-24(18-19-30(26)39-32)35-38-27-15-7-8-16-31(27)40-35/h1-26H;1-25H;1-21H. The first-order chi connectivity index (χ1) is 68.8. The molecular formula is C122H72N10OS6. The van der Waals surface area contributed by atoms with E-state index in [2.05, 4.69) is 346 Å². The van der Waals surface area contributed by atoms with Crippen molar-refractivity contribution in [2.45, 2.75) is 0 Å². The zero-order valence-corrected chi connectivity index (χ0v) is 78.8. The molecule has 0 bridgehead atoms. The van der Waals surface area contributed by atoms with Gasteiger partial charge in [-0.05, 0) is 132 Å². The molecule has 10 aromatic heterocycles. The first-order valence-electron chi connectivity index (χ1n) is 45.7. The van der Waals surface area contributed by atoms with Crippen LogP contribution in [0.4, 0.5) is 0 Å². The van der Waals surface area contributed by atoms with E-state index >= 15 is 0 Å². The van der Waals surface area contributed by atoms with Crippen LogP contribution < -0.4 is 0 Å². The van der Waals surface area contributed by atoms with Gasteiger partial charge >= 0.3 is 0 Å². The largest absolute Gasteiger partial charge is 0.455 e. The molecule has 0 saturated heterocycles. The number of nitrogens with zero attached hydrogens (tertiary/aromatic N) is 10. The molecule has 0 radical (unpaired) electrons. The van der Waals surface area contributed by atoms with E-state index in [1.165, 1.54) is 80.4 Å². The summed E-state index contributed by atoms with van der Waals surface area (Å²) < 4.78 is 17.3. The van der Waals surface area contributed by atoms with Gasteiger partial charge in [-0.3, -0.25) is 0 Å². The zero-order valence-electron chi connectivity index (χ0n) is 73.9. The molecular weight excluding hydrogens is 1810 g/mol. The SMILES string of the molecule is c1ccc(-c2cc(-c3ccccc3)nc(-c3cccc4sc5ccc(-c6nc7ccccc7s6)cc5c34)n2)cc1.c1ccc(-c2ccc(-c3cc(-c4ccccc4)nc(-c4cccc5sc6ccc(-c7nc8ccccc8s7)cc6c45)n3)cc2)cc1.c1ccc(-c2nc(-c3cccc(-c4cccc5c4oc4ccccc45)c3)nc(-c3cccc4sc5ccc(-c6nc7ccccc7s6)cc5c34)n2)cc1. The third-order valence-electron chi connectivity index (χ3n) is 25.3. The lowest BCUT2D eigenvalue weighted by molar-refractivity contribution is 0.670. The predicted octanol–water partition coefficient (Wildman–Crippen LogP) is 35.0. The van der Waals surface area contributed by atoms with Crippen molar-refractivity contribution >= 4 is 181 Å². The highest BCUT2D eigenvalue weighted by atomic mass is 32.1. The number of rotatable bonds is 14. The second kappa shape index (κ2) is 35.5. The highest BCUT2D eigenvalue weighted by molar-refractivity contribution is 7.27. The molecule has 0 spiro atoms. The molecule has 0 N–H and O–H groups in total. The van der Waals surface area contributed by atoms with Crippen molar-refractivity contribution in [3.8, 4) is 156 Å². The summed E-state index contributed by atoms with van der Waals surface area (Å²) in [6, 6.07) is 152. The van der Waals surface area contributed by atoms with Crippen LogP contribution in [0.3, 0.4) is 0 Å². The van der Waals surface area contributed by atoms with E-state index in [0.717, 1.165) is 171 Å². The number of fused-ring (bicyclic) bond motifs is 15. The maximum absolute atomic E-state index is 6.41. The van der Waals surface area contributed by atoms with Gasteiger partial charge in [-0.15, -0.1) is 68.0 Å². The molecule has 17 heteroatoms. The fourth-order valence-electron chi connectivity index (χ4n) is 18.6. The number of aromatic nitrogens is 10. The van der Waals surface area contributed by atoms with Crippen LogP contribution in [0.15, 0.2) is 441 Å². The Hall–Kier alpha value is -16.7. The maximum Gasteiger partial charge on any atom is 0.164 e. The Morgan fingerprint density at radius 1 is 0.158 bits per heavy atom. The first-order valence-corrected chi connectivity index (χ1v) is 50.6. The Bertz CT molecular complexity index is 9450. The Kier molecular flexibility index (Phi) is 21.2. The molecule has 0 amide bonds. The lowest BCUT2D eigenvalue weighted by Gasteiger charge is -2.11. The number of furan rings is 1. The third kappa shape index (κ3) is 15.8. The van der Waals surface area contributed by atoms with Gasteiger partial charge < -0.3 is 4.42 Å². The van der Waals surface area contributed by atoms with Crippen molar-refractivity contribution in [1.29, 1.82) is 0 Å². The summed E-state index contributed by atoms with van der Waals surface area (Å²) in [6.07, 6.45) is 0. The minimum absolute atomic E-state index is 0.610. The van der Waals surface area contributed by atoms with Crippen molar-refractivity contribution in [3.63, 3.8) is 0 Å². The van der Waals surface area contributed by atoms with Gasteiger partial charge in [-0.2, -0.15) is 0 Å². The lowest BCUT2D eigenvalue weighted by Crippen LogP contribution is -2.00. The number of thiophene rings is 3. The number of hydrogen-bond acceptors (Lipinski definition) is 17. The van der Waals surface area contributed by atoms with E-state index in [-0.39, 0.29) is 0 Å². The molecule has 0 aliphatic carbocycles. The van der Waals surface area contributed by atoms with E-state index in [4.69, 9.17) is 54.3 Å². The van der Waals surface area contributed by atoms with Crippen LogP contribution in [0, 0.1) is 0 Å². The van der Waals surface area contributed by atoms with Crippen molar-refractivity contribution in [1.82, 2.24) is 49.8 Å². The number of benzene rings is 18. The summed E-state index contributed by atoms with van der Waals surface area (Å²) in [5.41, 5.74) is 25.4.